The summed E-state index contributed by atoms with van der Waals surface area (Å²) in [4.78, 5) is 39.9. The van der Waals surface area contributed by atoms with Crippen molar-refractivity contribution >= 4 is 47.0 Å². The van der Waals surface area contributed by atoms with E-state index in [2.05, 4.69) is 4.98 Å². The Hall–Kier alpha value is -2.81. The molecule has 1 fully saturated rings. The molecule has 1 aromatic carbocycles. The first-order chi connectivity index (χ1) is 15.7. The van der Waals surface area contributed by atoms with Gasteiger partial charge in [0.2, 0.25) is 11.8 Å². The SMILES string of the molecule is O=C([O-])c1cccnc1S[C@@H]1CC(=O)N(c2ccccc2SC(F)(F)C(F)(F)C(F)(F)F)C1=O. The van der Waals surface area contributed by atoms with Crippen LogP contribution in [0.3, 0.4) is 0 Å². The second kappa shape index (κ2) is 9.09. The molecule has 0 aliphatic carbocycles. The molecular formula is C19H10F7N2O4S2-. The standard InChI is InChI=1S/C19H11F7N2O4S2/c20-17(21,18(22,23)24)19(25,26)34-11-6-2-1-5-10(11)28-13(29)8-12(15(28)30)33-14-9(16(31)32)4-3-7-27-14/h1-7,12H,8H2,(H,31,32)/p-1/t12-/m1/s1. The summed E-state index contributed by atoms with van der Waals surface area (Å²) in [6, 6.07) is 6.32. The Morgan fingerprint density at radius 2 is 1.68 bits per heavy atom. The number of imide groups is 1. The van der Waals surface area contributed by atoms with Gasteiger partial charge >= 0.3 is 17.4 Å². The van der Waals surface area contributed by atoms with Crippen molar-refractivity contribution in [3.8, 4) is 0 Å². The molecule has 1 aliphatic rings. The number of pyridine rings is 1. The van der Waals surface area contributed by atoms with E-state index in [1.54, 1.807) is 0 Å². The summed E-state index contributed by atoms with van der Waals surface area (Å²) in [5, 5.41) is 4.11. The van der Waals surface area contributed by atoms with Gasteiger partial charge in [0.25, 0.3) is 0 Å². The lowest BCUT2D eigenvalue weighted by Crippen LogP contribution is -2.50. The van der Waals surface area contributed by atoms with E-state index in [0.717, 1.165) is 30.3 Å². The second-order valence-electron chi connectivity index (χ2n) is 6.68. The molecule has 2 aromatic rings. The maximum Gasteiger partial charge on any atom is 0.460 e. The summed E-state index contributed by atoms with van der Waals surface area (Å²) in [5.74, 6) is -10.0. The summed E-state index contributed by atoms with van der Waals surface area (Å²) in [7, 11) is 0. The highest BCUT2D eigenvalue weighted by Gasteiger charge is 2.73. The van der Waals surface area contributed by atoms with Gasteiger partial charge in [-0.25, -0.2) is 9.88 Å². The number of carbonyl (C=O) groups is 3. The predicted octanol–water partition coefficient (Wildman–Crippen LogP) is 3.75. The Bertz CT molecular complexity index is 1140. The van der Waals surface area contributed by atoms with E-state index in [1.165, 1.54) is 12.3 Å². The lowest BCUT2D eigenvalue weighted by molar-refractivity contribution is -0.330. The maximum atomic E-state index is 14.0. The van der Waals surface area contributed by atoms with Crippen molar-refractivity contribution in [1.82, 2.24) is 4.98 Å². The molecule has 2 heterocycles. The van der Waals surface area contributed by atoms with Crippen molar-refractivity contribution in [2.45, 2.75) is 38.9 Å². The number of thioether (sulfide) groups is 2. The third-order valence-electron chi connectivity index (χ3n) is 4.42. The zero-order valence-electron chi connectivity index (χ0n) is 16.3. The van der Waals surface area contributed by atoms with Crippen LogP contribution in [-0.2, 0) is 9.59 Å². The van der Waals surface area contributed by atoms with Crippen molar-refractivity contribution in [2.75, 3.05) is 4.90 Å². The number of anilines is 1. The molecule has 34 heavy (non-hydrogen) atoms. The van der Waals surface area contributed by atoms with Crippen molar-refractivity contribution in [2.24, 2.45) is 0 Å². The number of amides is 2. The fourth-order valence-corrected chi connectivity index (χ4v) is 4.85. The van der Waals surface area contributed by atoms with Gasteiger partial charge in [0.15, 0.2) is 0 Å². The van der Waals surface area contributed by atoms with Gasteiger partial charge in [-0.2, -0.15) is 30.7 Å². The molecule has 15 heteroatoms. The van der Waals surface area contributed by atoms with Crippen molar-refractivity contribution < 1.29 is 50.2 Å². The zero-order chi connectivity index (χ0) is 25.5. The number of benzene rings is 1. The first-order valence-corrected chi connectivity index (χ1v) is 10.7. The third kappa shape index (κ3) is 4.71. The maximum absolute atomic E-state index is 14.0. The lowest BCUT2D eigenvalue weighted by atomic mass is 10.3. The van der Waals surface area contributed by atoms with Crippen LogP contribution in [-0.4, -0.2) is 45.4 Å². The van der Waals surface area contributed by atoms with Crippen LogP contribution in [0.25, 0.3) is 0 Å². The highest BCUT2D eigenvalue weighted by atomic mass is 32.2. The van der Waals surface area contributed by atoms with Crippen LogP contribution >= 0.6 is 23.5 Å². The normalized spacial score (nSPS) is 17.4. The van der Waals surface area contributed by atoms with E-state index in [9.17, 15) is 50.2 Å². The van der Waals surface area contributed by atoms with Gasteiger partial charge in [-0.15, -0.1) is 0 Å². The number of carboxylic acid groups (broad SMARTS) is 1. The first-order valence-electron chi connectivity index (χ1n) is 8.97. The van der Waals surface area contributed by atoms with Gasteiger partial charge in [-0.05, 0) is 36.0 Å². The van der Waals surface area contributed by atoms with Gasteiger partial charge in [-0.1, -0.05) is 23.9 Å². The van der Waals surface area contributed by atoms with Gasteiger partial charge in [-0.3, -0.25) is 9.59 Å². The molecule has 2 amide bonds. The molecule has 1 atom stereocenters. The van der Waals surface area contributed by atoms with Crippen LogP contribution < -0.4 is 10.0 Å². The number of hydrogen-bond acceptors (Lipinski definition) is 7. The number of para-hydroxylation sites is 1. The number of alkyl halides is 7. The van der Waals surface area contributed by atoms with Crippen LogP contribution in [0.2, 0.25) is 0 Å². The van der Waals surface area contributed by atoms with Gasteiger partial charge in [0.05, 0.1) is 16.9 Å². The minimum atomic E-state index is -6.56. The van der Waals surface area contributed by atoms with Gasteiger partial charge < -0.3 is 9.90 Å². The number of aromatic nitrogens is 1. The van der Waals surface area contributed by atoms with Crippen molar-refractivity contribution in [3.63, 3.8) is 0 Å². The summed E-state index contributed by atoms with van der Waals surface area (Å²) in [6.07, 6.45) is -5.89. The smallest absolute Gasteiger partial charge is 0.460 e. The highest BCUT2D eigenvalue weighted by Crippen LogP contribution is 2.55. The number of aromatic carboxylic acids is 1. The number of carbonyl (C=O) groups excluding carboxylic acids is 3. The summed E-state index contributed by atoms with van der Waals surface area (Å²) in [5.41, 5.74) is -0.999. The molecule has 6 nitrogen and oxygen atoms in total. The third-order valence-corrected chi connectivity index (χ3v) is 6.70. The Morgan fingerprint density at radius 3 is 2.29 bits per heavy atom. The molecule has 0 bridgehead atoms. The van der Waals surface area contributed by atoms with Gasteiger partial charge in [0, 0.05) is 23.1 Å². The molecule has 1 aromatic heterocycles. The zero-order valence-corrected chi connectivity index (χ0v) is 17.9. The molecule has 3 rings (SSSR count). The number of hydrogen-bond donors (Lipinski definition) is 0. The number of nitrogens with zero attached hydrogens (tertiary/aromatic N) is 2. The first kappa shape index (κ1) is 25.8. The fraction of sp³-hybridized carbons (Fsp3) is 0.263. The molecular weight excluding hydrogens is 517 g/mol. The monoisotopic (exact) mass is 527 g/mol. The minimum absolute atomic E-state index is 0.172. The molecule has 1 saturated heterocycles. The topological polar surface area (TPSA) is 90.4 Å². The molecule has 0 spiro atoms. The Morgan fingerprint density at radius 1 is 1.03 bits per heavy atom. The van der Waals surface area contributed by atoms with Crippen molar-refractivity contribution in [1.29, 1.82) is 0 Å². The van der Waals surface area contributed by atoms with Crippen molar-refractivity contribution in [3.05, 3.63) is 48.2 Å². The molecule has 0 radical (unpaired) electrons. The second-order valence-corrected chi connectivity index (χ2v) is 9.03. The van der Waals surface area contributed by atoms with Crippen LogP contribution in [0.5, 0.6) is 0 Å². The fourth-order valence-electron chi connectivity index (χ4n) is 2.82. The molecule has 0 unspecified atom stereocenters. The number of rotatable bonds is 7. The lowest BCUT2D eigenvalue weighted by Gasteiger charge is -2.28. The number of halogens is 7. The van der Waals surface area contributed by atoms with E-state index in [-0.39, 0.29) is 10.6 Å². The molecule has 1 aliphatic heterocycles. The van der Waals surface area contributed by atoms with Crippen LogP contribution in [0.15, 0.2) is 52.5 Å². The van der Waals surface area contributed by atoms with Crippen LogP contribution in [0.1, 0.15) is 16.8 Å². The summed E-state index contributed by atoms with van der Waals surface area (Å²) in [6.45, 7) is 0. The van der Waals surface area contributed by atoms with E-state index in [4.69, 9.17) is 0 Å². The molecule has 182 valence electrons. The molecule has 0 N–H and O–H groups in total. The Kier molecular flexibility index (Phi) is 6.90. The average Bonchev–Trinajstić information content (AvgIpc) is 3.00. The van der Waals surface area contributed by atoms with E-state index in [1.807, 2.05) is 0 Å². The largest absolute Gasteiger partial charge is 0.545 e. The van der Waals surface area contributed by atoms with E-state index >= 15 is 0 Å². The Balaban J connectivity index is 1.92. The Labute approximate surface area is 194 Å². The van der Waals surface area contributed by atoms with E-state index in [0.29, 0.717) is 16.7 Å². The average molecular weight is 527 g/mol. The number of carboxylic acids is 1. The highest BCUT2D eigenvalue weighted by molar-refractivity contribution is 8.01. The predicted molar refractivity (Wildman–Crippen MR) is 104 cm³/mol. The minimum Gasteiger partial charge on any atom is -0.545 e. The molecule has 0 saturated carbocycles. The quantitative estimate of drug-likeness (QED) is 0.308. The van der Waals surface area contributed by atoms with Crippen LogP contribution in [0, 0.1) is 0 Å². The van der Waals surface area contributed by atoms with Gasteiger partial charge in [0.1, 0.15) is 5.03 Å². The van der Waals surface area contributed by atoms with Crippen LogP contribution in [0.4, 0.5) is 36.4 Å². The summed E-state index contributed by atoms with van der Waals surface area (Å²) >= 11 is -0.570. The van der Waals surface area contributed by atoms with E-state index < -0.39 is 69.2 Å². The summed E-state index contributed by atoms with van der Waals surface area (Å²) < 4.78 is 92.1.